The van der Waals surface area contributed by atoms with Crippen LogP contribution in [0, 0.1) is 0 Å². The number of hydrogen-bond donors (Lipinski definition) is 3. The van der Waals surface area contributed by atoms with Gasteiger partial charge in [-0.05, 0) is 37.0 Å². The van der Waals surface area contributed by atoms with Gasteiger partial charge in [-0.1, -0.05) is 31.2 Å². The van der Waals surface area contributed by atoms with Crippen LogP contribution in [0.5, 0.6) is 0 Å². The number of carbonyl (C=O) groups is 1. The van der Waals surface area contributed by atoms with Gasteiger partial charge in [-0.3, -0.25) is 0 Å². The molecule has 0 fully saturated rings. The maximum atomic E-state index is 11.8. The summed E-state index contributed by atoms with van der Waals surface area (Å²) in [4.78, 5) is 16.4. The molecule has 24 heavy (non-hydrogen) atoms. The van der Waals surface area contributed by atoms with Crippen LogP contribution in [-0.4, -0.2) is 31.3 Å². The molecule has 2 rings (SSSR count). The van der Waals surface area contributed by atoms with E-state index < -0.39 is 26.8 Å². The molecule has 0 spiro atoms. The molecule has 0 aromatic heterocycles. The summed E-state index contributed by atoms with van der Waals surface area (Å²) in [5.41, 5.74) is 2.53. The largest absolute Gasteiger partial charge is 0.479 e. The summed E-state index contributed by atoms with van der Waals surface area (Å²) in [5, 5.41) is 8.97. The minimum atomic E-state index is -3.31. The van der Waals surface area contributed by atoms with Crippen molar-refractivity contribution < 1.29 is 23.2 Å². The van der Waals surface area contributed by atoms with Crippen LogP contribution in [0.3, 0.4) is 0 Å². The monoisotopic (exact) mass is 354 g/mol. The first-order valence-electron chi connectivity index (χ1n) is 7.62. The molecule has 8 heteroatoms. The number of hydroxylamine groups is 1. The lowest BCUT2D eigenvalue weighted by Gasteiger charge is -2.22. The van der Waals surface area contributed by atoms with E-state index in [2.05, 4.69) is 10.2 Å². The fourth-order valence-electron chi connectivity index (χ4n) is 2.29. The van der Waals surface area contributed by atoms with E-state index in [0.29, 0.717) is 5.56 Å². The van der Waals surface area contributed by atoms with Gasteiger partial charge in [0.2, 0.25) is 10.0 Å². The summed E-state index contributed by atoms with van der Waals surface area (Å²) >= 11 is 0. The molecule has 1 aliphatic rings. The van der Waals surface area contributed by atoms with Gasteiger partial charge >= 0.3 is 5.97 Å². The van der Waals surface area contributed by atoms with Gasteiger partial charge in [0.1, 0.15) is 6.26 Å². The molecule has 132 valence electrons. The van der Waals surface area contributed by atoms with Gasteiger partial charge in [0.05, 0.1) is 5.25 Å². The lowest BCUT2D eigenvalue weighted by atomic mass is 9.89. The predicted molar refractivity (Wildman–Crippen MR) is 89.6 cm³/mol. The highest BCUT2D eigenvalue weighted by molar-refractivity contribution is 7.90. The third-order valence-electron chi connectivity index (χ3n) is 4.09. The number of rotatable bonds is 7. The minimum Gasteiger partial charge on any atom is -0.479 e. The average molecular weight is 354 g/mol. The van der Waals surface area contributed by atoms with E-state index in [9.17, 15) is 18.3 Å². The van der Waals surface area contributed by atoms with Gasteiger partial charge in [0.25, 0.3) is 0 Å². The lowest BCUT2D eigenvalue weighted by molar-refractivity contribution is -0.146. The molecule has 0 saturated carbocycles. The number of nitrogens with one attached hydrogen (secondary N) is 2. The van der Waals surface area contributed by atoms with E-state index in [4.69, 9.17) is 4.84 Å². The van der Waals surface area contributed by atoms with Crippen LogP contribution in [0.2, 0.25) is 0 Å². The van der Waals surface area contributed by atoms with Gasteiger partial charge in [-0.25, -0.2) is 17.9 Å². The van der Waals surface area contributed by atoms with Crippen LogP contribution in [0.4, 0.5) is 0 Å². The van der Waals surface area contributed by atoms with Gasteiger partial charge in [-0.2, -0.15) is 0 Å². The van der Waals surface area contributed by atoms with Crippen molar-refractivity contribution in [3.63, 3.8) is 0 Å². The lowest BCUT2D eigenvalue weighted by Crippen LogP contribution is -2.43. The number of benzene rings is 1. The summed E-state index contributed by atoms with van der Waals surface area (Å²) < 4.78 is 26.2. The molecule has 0 aliphatic carbocycles. The third-order valence-corrected chi connectivity index (χ3v) is 5.90. The highest BCUT2D eigenvalue weighted by Crippen LogP contribution is 2.28. The van der Waals surface area contributed by atoms with E-state index in [1.165, 1.54) is 12.3 Å². The zero-order chi connectivity index (χ0) is 18.0. The topological polar surface area (TPSA) is 105 Å². The molecule has 2 atom stereocenters. The van der Waals surface area contributed by atoms with Crippen molar-refractivity contribution in [2.45, 2.75) is 37.5 Å². The van der Waals surface area contributed by atoms with Gasteiger partial charge in [-0.15, -0.1) is 5.48 Å². The molecule has 7 nitrogen and oxygen atoms in total. The maximum absolute atomic E-state index is 11.8. The number of hydrogen-bond acceptors (Lipinski definition) is 5. The first kappa shape index (κ1) is 18.4. The normalized spacial score (nSPS) is 21.7. The van der Waals surface area contributed by atoms with Crippen LogP contribution >= 0.6 is 0 Å². The molecular formula is C16H22N2O5S. The Morgan fingerprint density at radius 3 is 2.38 bits per heavy atom. The van der Waals surface area contributed by atoms with Crippen LogP contribution in [0.25, 0.3) is 0 Å². The number of sulfonamides is 1. The zero-order valence-corrected chi connectivity index (χ0v) is 14.6. The van der Waals surface area contributed by atoms with E-state index in [0.717, 1.165) is 5.56 Å². The van der Waals surface area contributed by atoms with Crippen molar-refractivity contribution in [1.29, 1.82) is 0 Å². The third kappa shape index (κ3) is 3.61. The average Bonchev–Trinajstić information content (AvgIpc) is 3.04. The van der Waals surface area contributed by atoms with Crippen molar-refractivity contribution in [2.24, 2.45) is 0 Å². The number of carboxylic acids is 1. The first-order valence-corrected chi connectivity index (χ1v) is 9.16. The Balaban J connectivity index is 2.12. The Morgan fingerprint density at radius 2 is 1.92 bits per heavy atom. The summed E-state index contributed by atoms with van der Waals surface area (Å²) in [6.45, 7) is 5.43. The van der Waals surface area contributed by atoms with E-state index >= 15 is 0 Å². The minimum absolute atomic E-state index is 0.0447. The van der Waals surface area contributed by atoms with Crippen molar-refractivity contribution in [2.75, 3.05) is 6.54 Å². The Bertz CT molecular complexity index is 727. The van der Waals surface area contributed by atoms with Gasteiger partial charge < -0.3 is 9.94 Å². The number of aliphatic carboxylic acids is 1. The van der Waals surface area contributed by atoms with Gasteiger partial charge in [0, 0.05) is 6.54 Å². The van der Waals surface area contributed by atoms with E-state index in [1.807, 2.05) is 6.92 Å². The number of carboxylic acid groups (broad SMARTS) is 1. The second-order valence-corrected chi connectivity index (χ2v) is 8.42. The smallest absolute Gasteiger partial charge is 0.336 e. The molecule has 1 heterocycles. The Hall–Kier alpha value is -1.90. The Morgan fingerprint density at radius 1 is 1.29 bits per heavy atom. The van der Waals surface area contributed by atoms with Crippen LogP contribution in [0.1, 0.15) is 37.8 Å². The highest BCUT2D eigenvalue weighted by atomic mass is 32.2. The Kier molecular flexibility index (Phi) is 5.32. The molecular weight excluding hydrogens is 332 g/mol. The highest BCUT2D eigenvalue weighted by Gasteiger charge is 2.41. The van der Waals surface area contributed by atoms with Crippen molar-refractivity contribution >= 4 is 16.0 Å². The molecule has 1 aromatic carbocycles. The maximum Gasteiger partial charge on any atom is 0.336 e. The van der Waals surface area contributed by atoms with E-state index in [1.54, 1.807) is 38.1 Å². The summed E-state index contributed by atoms with van der Waals surface area (Å²) in [5.74, 6) is -1.11. The molecule has 1 aliphatic heterocycles. The second-order valence-electron chi connectivity index (χ2n) is 6.10. The molecule has 3 N–H and O–H groups in total. The van der Waals surface area contributed by atoms with Crippen molar-refractivity contribution in [3.8, 4) is 0 Å². The molecule has 0 bridgehead atoms. The second kappa shape index (κ2) is 6.92. The predicted octanol–water partition coefficient (Wildman–Crippen LogP) is 1.45. The van der Waals surface area contributed by atoms with Crippen LogP contribution in [-0.2, 0) is 25.2 Å². The summed E-state index contributed by atoms with van der Waals surface area (Å²) in [7, 11) is -3.31. The van der Waals surface area contributed by atoms with Crippen molar-refractivity contribution in [1.82, 2.24) is 10.2 Å². The summed E-state index contributed by atoms with van der Waals surface area (Å²) in [6, 6.07) is 6.98. The molecule has 0 saturated heterocycles. The van der Waals surface area contributed by atoms with Crippen molar-refractivity contribution in [3.05, 3.63) is 47.7 Å². The van der Waals surface area contributed by atoms with Gasteiger partial charge in [0.15, 0.2) is 5.54 Å². The molecule has 0 amide bonds. The standard InChI is InChI=1S/C16H22N2O5S/c1-11(2)24(21,22)17-10-12(3)13-4-6-14(7-5-13)16(15(19)20)8-9-23-18-16/h4-9,11-12,17-18H,10H2,1-3H3,(H,19,20). The quantitative estimate of drug-likeness (QED) is 0.684. The zero-order valence-electron chi connectivity index (χ0n) is 13.8. The van der Waals surface area contributed by atoms with Crippen LogP contribution < -0.4 is 10.2 Å². The van der Waals surface area contributed by atoms with E-state index in [-0.39, 0.29) is 12.5 Å². The molecule has 2 unspecified atom stereocenters. The van der Waals surface area contributed by atoms with Crippen LogP contribution in [0.15, 0.2) is 36.6 Å². The summed E-state index contributed by atoms with van der Waals surface area (Å²) in [6.07, 6.45) is 2.73. The fraction of sp³-hybridized carbons (Fsp3) is 0.438. The molecule has 0 radical (unpaired) electrons. The molecule has 1 aromatic rings. The Labute approximate surface area is 141 Å². The SMILES string of the molecule is CC(CNS(=O)(=O)C(C)C)c1ccc(C2(C(=O)O)C=CON2)cc1. The fourth-order valence-corrected chi connectivity index (χ4v) is 3.11. The first-order chi connectivity index (χ1) is 11.2.